The number of hydrogen-bond donors (Lipinski definition) is 1. The number of pyridine rings is 1. The Labute approximate surface area is 157 Å². The number of aromatic nitrogens is 1. The first kappa shape index (κ1) is 17.7. The summed E-state index contributed by atoms with van der Waals surface area (Å²) in [4.78, 5) is 25.6. The van der Waals surface area contributed by atoms with E-state index in [0.717, 1.165) is 4.57 Å². The molecule has 130 valence electrons. The van der Waals surface area contributed by atoms with E-state index in [1.807, 2.05) is 6.07 Å². The van der Waals surface area contributed by atoms with Crippen LogP contribution < -0.4 is 5.56 Å². The van der Waals surface area contributed by atoms with Gasteiger partial charge in [0.1, 0.15) is 17.4 Å². The van der Waals surface area contributed by atoms with Gasteiger partial charge in [0.05, 0.1) is 18.4 Å². The van der Waals surface area contributed by atoms with E-state index in [4.69, 9.17) is 4.42 Å². The van der Waals surface area contributed by atoms with E-state index in [1.165, 1.54) is 13.2 Å². The van der Waals surface area contributed by atoms with E-state index in [2.05, 4.69) is 15.9 Å². The minimum Gasteiger partial charge on any atom is -0.494 e. The number of halogens is 1. The third kappa shape index (κ3) is 2.95. The summed E-state index contributed by atoms with van der Waals surface area (Å²) >= 11 is 3.31. The minimum absolute atomic E-state index is 0.0837. The molecule has 2 aromatic heterocycles. The van der Waals surface area contributed by atoms with E-state index in [1.54, 1.807) is 36.4 Å². The molecule has 0 aliphatic heterocycles. The minimum atomic E-state index is -0.678. The van der Waals surface area contributed by atoms with Crippen LogP contribution in [0.2, 0.25) is 0 Å². The van der Waals surface area contributed by atoms with Gasteiger partial charge in [-0.05, 0) is 36.8 Å². The lowest BCUT2D eigenvalue weighted by molar-refractivity contribution is 0.103. The van der Waals surface area contributed by atoms with Crippen LogP contribution in [0.5, 0.6) is 5.88 Å². The highest BCUT2D eigenvalue weighted by atomic mass is 79.9. The summed E-state index contributed by atoms with van der Waals surface area (Å²) in [6.07, 6.45) is 1.43. The number of nitrogens with zero attached hydrogens (tertiary/aromatic N) is 2. The average Bonchev–Trinajstić information content (AvgIpc) is 3.12. The molecular formula is C19H13BrN2O4. The molecule has 7 heteroatoms. The molecule has 0 radical (unpaired) electrons. The molecule has 0 aliphatic rings. The Hall–Kier alpha value is -3.11. The van der Waals surface area contributed by atoms with E-state index in [9.17, 15) is 20.0 Å². The van der Waals surface area contributed by atoms with Crippen molar-refractivity contribution < 1.29 is 14.3 Å². The molecule has 0 unspecified atom stereocenters. The van der Waals surface area contributed by atoms with Crippen LogP contribution in [0, 0.1) is 18.3 Å². The van der Waals surface area contributed by atoms with Crippen LogP contribution in [0.4, 0.5) is 0 Å². The normalized spacial score (nSPS) is 10.5. The molecule has 1 aromatic carbocycles. The average molecular weight is 413 g/mol. The molecule has 0 atom stereocenters. The first-order valence-corrected chi connectivity index (χ1v) is 8.43. The van der Waals surface area contributed by atoms with Crippen molar-refractivity contribution in [2.75, 3.05) is 0 Å². The Balaban J connectivity index is 2.25. The van der Waals surface area contributed by atoms with Crippen molar-refractivity contribution >= 4 is 21.7 Å². The van der Waals surface area contributed by atoms with E-state index >= 15 is 0 Å². The summed E-state index contributed by atoms with van der Waals surface area (Å²) in [5.41, 5.74) is -0.489. The van der Waals surface area contributed by atoms with Crippen LogP contribution in [-0.4, -0.2) is 15.5 Å². The van der Waals surface area contributed by atoms with Gasteiger partial charge in [0.15, 0.2) is 5.78 Å². The molecule has 0 saturated carbocycles. The Morgan fingerprint density at radius 2 is 2.04 bits per heavy atom. The molecule has 0 aliphatic carbocycles. The van der Waals surface area contributed by atoms with E-state index in [-0.39, 0.29) is 23.2 Å². The summed E-state index contributed by atoms with van der Waals surface area (Å²) < 4.78 is 6.72. The van der Waals surface area contributed by atoms with Crippen LogP contribution in [0.15, 0.2) is 56.3 Å². The summed E-state index contributed by atoms with van der Waals surface area (Å²) in [6.45, 7) is 1.38. The zero-order chi connectivity index (χ0) is 18.8. The number of ketones is 1. The summed E-state index contributed by atoms with van der Waals surface area (Å²) in [5, 5.41) is 20.1. The molecule has 0 fully saturated rings. The molecule has 0 amide bonds. The molecule has 0 bridgehead atoms. The largest absolute Gasteiger partial charge is 0.494 e. The molecule has 0 spiro atoms. The van der Waals surface area contributed by atoms with Crippen LogP contribution in [0.25, 0.3) is 0 Å². The lowest BCUT2D eigenvalue weighted by Gasteiger charge is -2.15. The lowest BCUT2D eigenvalue weighted by atomic mass is 9.97. The molecule has 3 rings (SSSR count). The number of carbonyl (C=O) groups is 1. The van der Waals surface area contributed by atoms with Gasteiger partial charge in [0.25, 0.3) is 5.56 Å². The van der Waals surface area contributed by atoms with Gasteiger partial charge in [-0.2, -0.15) is 5.26 Å². The maximum absolute atomic E-state index is 13.0. The Kier molecular flexibility index (Phi) is 4.78. The fourth-order valence-corrected chi connectivity index (χ4v) is 3.17. The van der Waals surface area contributed by atoms with Crippen molar-refractivity contribution in [2.24, 2.45) is 0 Å². The number of rotatable bonds is 4. The Bertz CT molecular complexity index is 1090. The van der Waals surface area contributed by atoms with Gasteiger partial charge < -0.3 is 9.52 Å². The molecule has 1 N–H and O–H groups in total. The van der Waals surface area contributed by atoms with Crippen LogP contribution >= 0.6 is 15.9 Å². The zero-order valence-electron chi connectivity index (χ0n) is 13.7. The van der Waals surface area contributed by atoms with Crippen LogP contribution in [0.1, 0.15) is 32.8 Å². The number of carbonyl (C=O) groups excluding carboxylic acids is 1. The third-order valence-electron chi connectivity index (χ3n) is 4.04. The van der Waals surface area contributed by atoms with E-state index in [0.29, 0.717) is 15.8 Å². The molecule has 26 heavy (non-hydrogen) atoms. The first-order chi connectivity index (χ1) is 12.5. The number of furan rings is 1. The SMILES string of the molecule is Cc1c(C(=O)c2ccccc2Br)c(O)n(Cc2ccco2)c(=O)c1C#N. The predicted octanol–water partition coefficient (Wildman–Crippen LogP) is 3.37. The maximum Gasteiger partial charge on any atom is 0.271 e. The van der Waals surface area contributed by atoms with Crippen molar-refractivity contribution in [2.45, 2.75) is 13.5 Å². The predicted molar refractivity (Wildman–Crippen MR) is 97.2 cm³/mol. The molecule has 6 nitrogen and oxygen atoms in total. The second-order valence-electron chi connectivity index (χ2n) is 5.59. The van der Waals surface area contributed by atoms with Gasteiger partial charge in [-0.1, -0.05) is 28.1 Å². The summed E-state index contributed by atoms with van der Waals surface area (Å²) in [5.74, 6) is -0.574. The molecule has 2 heterocycles. The fourth-order valence-electron chi connectivity index (χ4n) is 2.71. The number of benzene rings is 1. The maximum atomic E-state index is 13.0. The molecule has 0 saturated heterocycles. The van der Waals surface area contributed by atoms with Gasteiger partial charge in [0, 0.05) is 10.0 Å². The second kappa shape index (κ2) is 7.02. The third-order valence-corrected chi connectivity index (χ3v) is 4.73. The summed E-state index contributed by atoms with van der Waals surface area (Å²) in [6, 6.07) is 11.8. The van der Waals surface area contributed by atoms with Crippen molar-refractivity contribution in [1.29, 1.82) is 5.26 Å². The highest BCUT2D eigenvalue weighted by Gasteiger charge is 2.26. The topological polar surface area (TPSA) is 96.2 Å². The van der Waals surface area contributed by atoms with Gasteiger partial charge in [0.2, 0.25) is 5.88 Å². The number of aromatic hydroxyl groups is 1. The quantitative estimate of drug-likeness (QED) is 0.662. The van der Waals surface area contributed by atoms with E-state index < -0.39 is 17.2 Å². The number of hydrogen-bond acceptors (Lipinski definition) is 5. The van der Waals surface area contributed by atoms with Crippen LogP contribution in [0.3, 0.4) is 0 Å². The van der Waals surface area contributed by atoms with Crippen molar-refractivity contribution in [3.05, 3.63) is 85.5 Å². The lowest BCUT2D eigenvalue weighted by Crippen LogP contribution is -2.27. The van der Waals surface area contributed by atoms with Crippen molar-refractivity contribution in [3.63, 3.8) is 0 Å². The summed E-state index contributed by atoms with van der Waals surface area (Å²) in [7, 11) is 0. The monoisotopic (exact) mass is 412 g/mol. The van der Waals surface area contributed by atoms with Gasteiger partial charge >= 0.3 is 0 Å². The zero-order valence-corrected chi connectivity index (χ0v) is 15.3. The fraction of sp³-hybridized carbons (Fsp3) is 0.105. The standard InChI is InChI=1S/C19H13BrN2O4/c1-11-14(9-21)18(24)22(10-12-5-4-8-26-12)19(25)16(11)17(23)13-6-2-3-7-15(13)20/h2-8,25H,10H2,1H3. The Morgan fingerprint density at radius 3 is 2.65 bits per heavy atom. The molecular weight excluding hydrogens is 400 g/mol. The van der Waals surface area contributed by atoms with Gasteiger partial charge in [-0.3, -0.25) is 14.2 Å². The highest BCUT2D eigenvalue weighted by molar-refractivity contribution is 9.10. The smallest absolute Gasteiger partial charge is 0.271 e. The van der Waals surface area contributed by atoms with Crippen molar-refractivity contribution in [3.8, 4) is 11.9 Å². The van der Waals surface area contributed by atoms with Gasteiger partial charge in [-0.25, -0.2) is 0 Å². The number of nitriles is 1. The Morgan fingerprint density at radius 1 is 1.31 bits per heavy atom. The highest BCUT2D eigenvalue weighted by Crippen LogP contribution is 2.28. The van der Waals surface area contributed by atoms with Crippen molar-refractivity contribution in [1.82, 2.24) is 4.57 Å². The molecule has 3 aromatic rings. The van der Waals surface area contributed by atoms with Gasteiger partial charge in [-0.15, -0.1) is 0 Å². The van der Waals surface area contributed by atoms with Crippen LogP contribution in [-0.2, 0) is 6.54 Å². The first-order valence-electron chi connectivity index (χ1n) is 7.63. The second-order valence-corrected chi connectivity index (χ2v) is 6.44.